The second-order valence-corrected chi connectivity index (χ2v) is 14.2. The van der Waals surface area contributed by atoms with Crippen molar-refractivity contribution in [2.75, 3.05) is 18.5 Å². The van der Waals surface area contributed by atoms with Gasteiger partial charge in [-0.05, 0) is 55.3 Å². The van der Waals surface area contributed by atoms with Gasteiger partial charge in [0.2, 0.25) is 0 Å². The molecule has 3 N–H and O–H groups in total. The summed E-state index contributed by atoms with van der Waals surface area (Å²) in [7, 11) is 0. The average molecular weight is 953 g/mol. The zero-order valence-corrected chi connectivity index (χ0v) is 35.5. The van der Waals surface area contributed by atoms with Crippen molar-refractivity contribution in [1.29, 1.82) is 0 Å². The standard InChI is InChI=1S/C19H17F4N3O2.C15H10F4N2O4.C9H13NO4/c1-2-14(24)17-25-15-8-4-7-13(20)16(15)18(27)26(17)11-5-3-6-12(9-11)28-10-19(21,22)23;16-11-5-2-6-12(21(23)24)13(11)14(22)20-9-3-1-4-10(7-9)25-8-15(17,18)19;1-3-6(2)9(13)14-10-7(11)4-5-8(10)12/h3-9,14H,2,10,24H2,1H3;1-7H,8H2,(H,20,22);6H,3-5H2,1-2H3/t14-;;6-/m0.0/s1. The van der Waals surface area contributed by atoms with Gasteiger partial charge in [0.1, 0.15) is 34.3 Å². The third-order valence-electron chi connectivity index (χ3n) is 9.23. The molecule has 1 fully saturated rings. The molecule has 5 aromatic rings. The molecular weight excluding hydrogens is 912 g/mol. The highest BCUT2D eigenvalue weighted by atomic mass is 19.4. The van der Waals surface area contributed by atoms with Crippen molar-refractivity contribution in [3.05, 3.63) is 128 Å². The predicted octanol–water partition coefficient (Wildman–Crippen LogP) is 8.44. The Kier molecular flexibility index (Phi) is 17.6. The lowest BCUT2D eigenvalue weighted by Gasteiger charge is -2.18. The van der Waals surface area contributed by atoms with Crippen molar-refractivity contribution in [2.24, 2.45) is 11.7 Å². The Morgan fingerprint density at radius 2 is 1.37 bits per heavy atom. The number of aromatic nitrogens is 2. The molecule has 4 aromatic carbocycles. The van der Waals surface area contributed by atoms with E-state index in [1.54, 1.807) is 13.8 Å². The van der Waals surface area contributed by atoms with Gasteiger partial charge < -0.3 is 25.4 Å². The lowest BCUT2D eigenvalue weighted by Crippen LogP contribution is -2.33. The number of fused-ring (bicyclic) bond motifs is 1. The van der Waals surface area contributed by atoms with E-state index in [1.807, 2.05) is 6.92 Å². The fourth-order valence-electron chi connectivity index (χ4n) is 5.68. The van der Waals surface area contributed by atoms with Crippen LogP contribution in [-0.2, 0) is 19.2 Å². The second kappa shape index (κ2) is 22.6. The van der Waals surface area contributed by atoms with Gasteiger partial charge >= 0.3 is 18.3 Å². The molecule has 16 nitrogen and oxygen atoms in total. The van der Waals surface area contributed by atoms with E-state index in [0.29, 0.717) is 17.9 Å². The molecule has 0 saturated carbocycles. The summed E-state index contributed by atoms with van der Waals surface area (Å²) in [5, 5.41) is 13.4. The molecule has 0 radical (unpaired) electrons. The number of anilines is 1. The fourth-order valence-corrected chi connectivity index (χ4v) is 5.68. The summed E-state index contributed by atoms with van der Waals surface area (Å²) in [4.78, 5) is 77.5. The van der Waals surface area contributed by atoms with Gasteiger partial charge in [-0.15, -0.1) is 5.06 Å². The molecule has 0 bridgehead atoms. The predicted molar refractivity (Wildman–Crippen MR) is 222 cm³/mol. The van der Waals surface area contributed by atoms with Gasteiger partial charge in [-0.2, -0.15) is 26.3 Å². The third-order valence-corrected chi connectivity index (χ3v) is 9.23. The van der Waals surface area contributed by atoms with E-state index in [2.05, 4.69) is 19.9 Å². The summed E-state index contributed by atoms with van der Waals surface area (Å²) in [6.45, 7) is 2.31. The molecule has 3 amide bonds. The van der Waals surface area contributed by atoms with Gasteiger partial charge in [0.25, 0.3) is 29.0 Å². The van der Waals surface area contributed by atoms with Gasteiger partial charge in [0.05, 0.1) is 28.1 Å². The molecule has 1 saturated heterocycles. The number of nitro groups is 1. The lowest BCUT2D eigenvalue weighted by atomic mass is 10.1. The summed E-state index contributed by atoms with van der Waals surface area (Å²) in [6, 6.07) is 16.8. The molecule has 1 aromatic heterocycles. The van der Waals surface area contributed by atoms with Crippen LogP contribution in [0.25, 0.3) is 16.6 Å². The van der Waals surface area contributed by atoms with Gasteiger partial charge in [-0.1, -0.05) is 45.0 Å². The Bertz CT molecular complexity index is 2660. The normalized spacial score (nSPS) is 13.4. The number of carbonyl (C=O) groups excluding carboxylic acids is 4. The van der Waals surface area contributed by atoms with E-state index in [4.69, 9.17) is 10.5 Å². The number of imide groups is 1. The van der Waals surface area contributed by atoms with Crippen molar-refractivity contribution >= 4 is 46.0 Å². The minimum atomic E-state index is -4.53. The third kappa shape index (κ3) is 14.5. The second-order valence-electron chi connectivity index (χ2n) is 14.2. The highest BCUT2D eigenvalue weighted by Gasteiger charge is 2.34. The summed E-state index contributed by atoms with van der Waals surface area (Å²) in [6.07, 6.45) is -7.71. The summed E-state index contributed by atoms with van der Waals surface area (Å²) in [5.74, 6) is -4.76. The van der Waals surface area contributed by atoms with Crippen molar-refractivity contribution in [1.82, 2.24) is 14.6 Å². The number of nitrogens with one attached hydrogen (secondary N) is 1. The smallest absolute Gasteiger partial charge is 0.422 e. The first-order valence-electron chi connectivity index (χ1n) is 19.8. The van der Waals surface area contributed by atoms with Crippen molar-refractivity contribution in [3.63, 3.8) is 0 Å². The van der Waals surface area contributed by atoms with Crippen LogP contribution in [0.1, 0.15) is 68.7 Å². The lowest BCUT2D eigenvalue weighted by molar-refractivity contribution is -0.385. The molecule has 358 valence electrons. The largest absolute Gasteiger partial charge is 0.484 e. The summed E-state index contributed by atoms with van der Waals surface area (Å²) in [5.41, 5.74) is 4.20. The Labute approximate surface area is 374 Å². The number of carbonyl (C=O) groups is 4. The van der Waals surface area contributed by atoms with Crippen molar-refractivity contribution < 1.29 is 73.5 Å². The molecule has 0 spiro atoms. The van der Waals surface area contributed by atoms with Gasteiger partial charge in [-0.25, -0.2) is 18.6 Å². The first kappa shape index (κ1) is 52.1. The average Bonchev–Trinajstić information content (AvgIpc) is 3.59. The quantitative estimate of drug-likeness (QED) is 0.0492. The zero-order valence-electron chi connectivity index (χ0n) is 35.5. The number of amides is 3. The van der Waals surface area contributed by atoms with Crippen LogP contribution in [0, 0.1) is 27.7 Å². The first-order chi connectivity index (χ1) is 31.4. The molecule has 24 heteroatoms. The topological polar surface area (TPSA) is 215 Å². The van der Waals surface area contributed by atoms with Gasteiger partial charge in [0.15, 0.2) is 18.8 Å². The van der Waals surface area contributed by atoms with Crippen molar-refractivity contribution in [3.8, 4) is 17.2 Å². The Morgan fingerprint density at radius 3 is 1.94 bits per heavy atom. The maximum Gasteiger partial charge on any atom is 0.422 e. The highest BCUT2D eigenvalue weighted by molar-refractivity contribution is 6.07. The van der Waals surface area contributed by atoms with E-state index in [1.165, 1.54) is 54.6 Å². The maximum absolute atomic E-state index is 14.3. The number of nitrogens with zero attached hydrogens (tertiary/aromatic N) is 4. The molecule has 67 heavy (non-hydrogen) atoms. The number of benzene rings is 4. The van der Waals surface area contributed by atoms with Crippen LogP contribution in [0.2, 0.25) is 0 Å². The van der Waals surface area contributed by atoms with Crippen LogP contribution in [-0.4, -0.2) is 68.8 Å². The number of ether oxygens (including phenoxy) is 2. The van der Waals surface area contributed by atoms with E-state index < -0.39 is 88.7 Å². The summed E-state index contributed by atoms with van der Waals surface area (Å²) >= 11 is 0. The van der Waals surface area contributed by atoms with Crippen LogP contribution in [0.4, 0.5) is 46.5 Å². The number of rotatable bonds is 13. The van der Waals surface area contributed by atoms with E-state index >= 15 is 0 Å². The molecule has 2 heterocycles. The number of nitro benzene ring substituents is 1. The number of hydroxylamine groups is 2. The van der Waals surface area contributed by atoms with Crippen molar-refractivity contribution in [2.45, 2.75) is 64.8 Å². The van der Waals surface area contributed by atoms with E-state index in [9.17, 15) is 69.2 Å². The number of alkyl halides is 6. The molecule has 0 aliphatic carbocycles. The van der Waals surface area contributed by atoms with Crippen LogP contribution in [0.15, 0.2) is 89.7 Å². The van der Waals surface area contributed by atoms with Crippen LogP contribution >= 0.6 is 0 Å². The number of nitrogens with two attached hydrogens (primary N) is 1. The first-order valence-corrected chi connectivity index (χ1v) is 19.8. The Morgan fingerprint density at radius 1 is 0.821 bits per heavy atom. The number of hydrogen-bond donors (Lipinski definition) is 2. The SMILES string of the molecule is CC[C@H](C)C(=O)ON1C(=O)CCC1=O.CC[C@H](N)c1nc2cccc(F)c2c(=O)n1-c1cccc(OCC(F)(F)F)c1.O=C(Nc1cccc(OCC(F)(F)F)c1)c1c(F)cccc1[N+](=O)[O-]. The van der Waals surface area contributed by atoms with E-state index in [0.717, 1.165) is 34.9 Å². The molecule has 1 aliphatic heterocycles. The van der Waals surface area contributed by atoms with Gasteiger partial charge in [-0.3, -0.25) is 33.9 Å². The highest BCUT2D eigenvalue weighted by Crippen LogP contribution is 2.27. The fraction of sp³-hybridized carbons (Fsp3) is 0.302. The minimum absolute atomic E-state index is 0.0118. The van der Waals surface area contributed by atoms with Crippen LogP contribution < -0.4 is 26.1 Å². The number of hydrogen-bond acceptors (Lipinski definition) is 12. The maximum atomic E-state index is 14.3. The zero-order chi connectivity index (χ0) is 49.8. The molecule has 1 aliphatic rings. The monoisotopic (exact) mass is 952 g/mol. The minimum Gasteiger partial charge on any atom is -0.484 e. The Balaban J connectivity index is 0.000000231. The molecule has 2 atom stereocenters. The Hall–Kier alpha value is -7.50. The number of halogens is 8. The summed E-state index contributed by atoms with van der Waals surface area (Å²) < 4.78 is 112. The molecular formula is C43H40F8N6O10. The van der Waals surface area contributed by atoms with Crippen LogP contribution in [0.5, 0.6) is 11.5 Å². The van der Waals surface area contributed by atoms with E-state index in [-0.39, 0.29) is 58.4 Å². The van der Waals surface area contributed by atoms with Crippen LogP contribution in [0.3, 0.4) is 0 Å². The molecule has 6 rings (SSSR count). The molecule has 0 unspecified atom stereocenters. The van der Waals surface area contributed by atoms with Gasteiger partial charge in [0, 0.05) is 36.7 Å².